The number of carbonyl (C=O) groups excluding carboxylic acids is 1. The molecular formula is C54H51AgO2P4. The molecule has 0 saturated carbocycles. The molecule has 2 nitrogen and oxygen atoms in total. The van der Waals surface area contributed by atoms with E-state index in [1.807, 2.05) is 0 Å². The van der Waals surface area contributed by atoms with E-state index in [0.29, 0.717) is 0 Å². The van der Waals surface area contributed by atoms with Gasteiger partial charge in [-0.1, -0.05) is 243 Å². The van der Waals surface area contributed by atoms with Crippen molar-refractivity contribution in [3.8, 4) is 0 Å². The fraction of sp³-hybridized carbons (Fsp3) is 0.0926. The van der Waals surface area contributed by atoms with E-state index in [1.54, 1.807) is 0 Å². The third-order valence-corrected chi connectivity index (χ3v) is 20.4. The third-order valence-electron chi connectivity index (χ3n) is 9.64. The number of hydrogen-bond donors (Lipinski definition) is 0. The minimum Gasteiger partial charge on any atom is -0.550 e. The number of rotatable bonds is 14. The third kappa shape index (κ3) is 15.5. The number of benzene rings is 8. The topological polar surface area (TPSA) is 40.1 Å². The molecule has 0 aliphatic heterocycles. The van der Waals surface area contributed by atoms with Gasteiger partial charge in [0.25, 0.3) is 0 Å². The molecule has 0 radical (unpaired) electrons. The summed E-state index contributed by atoms with van der Waals surface area (Å²) in [6.07, 6.45) is 4.83. The molecule has 0 amide bonds. The van der Waals surface area contributed by atoms with E-state index in [0.717, 1.165) is 6.92 Å². The van der Waals surface area contributed by atoms with Crippen molar-refractivity contribution >= 4 is 80.1 Å². The monoisotopic (exact) mass is 962 g/mol. The molecule has 0 N–H and O–H groups in total. The molecule has 0 aliphatic rings. The average Bonchev–Trinajstić information content (AvgIpc) is 3.32. The molecule has 0 aromatic heterocycles. The van der Waals surface area contributed by atoms with Gasteiger partial charge in [0.1, 0.15) is 0 Å². The molecule has 7 heteroatoms. The molecule has 8 rings (SSSR count). The van der Waals surface area contributed by atoms with Crippen LogP contribution in [-0.2, 0) is 27.2 Å². The van der Waals surface area contributed by atoms with Crippen molar-refractivity contribution < 1.29 is 32.3 Å². The zero-order valence-electron chi connectivity index (χ0n) is 34.3. The maximum absolute atomic E-state index is 8.89. The predicted molar refractivity (Wildman–Crippen MR) is 266 cm³/mol. The van der Waals surface area contributed by atoms with Crippen LogP contribution in [0.4, 0.5) is 0 Å². The van der Waals surface area contributed by atoms with Gasteiger partial charge in [0, 0.05) is 5.97 Å². The minimum atomic E-state index is -1.08. The first-order chi connectivity index (χ1) is 29.6. The molecule has 0 saturated heterocycles. The van der Waals surface area contributed by atoms with Crippen LogP contribution in [-0.4, -0.2) is 30.6 Å². The van der Waals surface area contributed by atoms with Crippen molar-refractivity contribution in [2.75, 3.05) is 24.6 Å². The number of hydrogen-bond acceptors (Lipinski definition) is 2. The summed E-state index contributed by atoms with van der Waals surface area (Å²) in [7, 11) is -1.39. The zero-order valence-corrected chi connectivity index (χ0v) is 39.4. The molecular weight excluding hydrogens is 912 g/mol. The van der Waals surface area contributed by atoms with Crippen molar-refractivity contribution in [1.82, 2.24) is 0 Å². The van der Waals surface area contributed by atoms with Crippen molar-refractivity contribution in [2.45, 2.75) is 6.92 Å². The van der Waals surface area contributed by atoms with Gasteiger partial charge in [-0.15, -0.1) is 0 Å². The first-order valence-corrected chi connectivity index (χ1v) is 26.4. The number of carboxylic acid groups (broad SMARTS) is 1. The standard InChI is InChI=1S/2C26H24P2.C2H4O2.Ag/c2*1-5-13-23(14-6-1)27(24-15-7-2-8-16-24)21-22-28(25-17-9-3-10-18-25)26-19-11-4-12-20-26;1-2(3)4;/h2*1-20H,21-22H2;1H3,(H,3,4);/q;;;+1/p-1. The van der Waals surface area contributed by atoms with Gasteiger partial charge in [-0.05, 0) is 106 Å². The molecule has 0 spiro atoms. The van der Waals surface area contributed by atoms with Gasteiger partial charge in [-0.3, -0.25) is 0 Å². The summed E-state index contributed by atoms with van der Waals surface area (Å²) in [5.41, 5.74) is 0. The van der Waals surface area contributed by atoms with E-state index in [9.17, 15) is 0 Å². The Hall–Kier alpha value is -4.31. The fourth-order valence-electron chi connectivity index (χ4n) is 6.89. The van der Waals surface area contributed by atoms with Gasteiger partial charge in [0.15, 0.2) is 0 Å². The summed E-state index contributed by atoms with van der Waals surface area (Å²) in [6, 6.07) is 88.4. The number of carboxylic acids is 1. The molecule has 0 atom stereocenters. The summed E-state index contributed by atoms with van der Waals surface area (Å²) in [4.78, 5) is 8.89. The van der Waals surface area contributed by atoms with Crippen molar-refractivity contribution in [3.63, 3.8) is 0 Å². The normalized spacial score (nSPS) is 10.6. The van der Waals surface area contributed by atoms with E-state index < -0.39 is 5.97 Å². The van der Waals surface area contributed by atoms with Crippen LogP contribution in [0.3, 0.4) is 0 Å². The maximum atomic E-state index is 8.89. The van der Waals surface area contributed by atoms with Gasteiger partial charge in [-0.2, -0.15) is 0 Å². The summed E-state index contributed by atoms with van der Waals surface area (Å²) >= 11 is 0. The van der Waals surface area contributed by atoms with Crippen LogP contribution in [0.25, 0.3) is 0 Å². The van der Waals surface area contributed by atoms with Gasteiger partial charge >= 0.3 is 22.4 Å². The van der Waals surface area contributed by atoms with Gasteiger partial charge in [0.05, 0.1) is 0 Å². The van der Waals surface area contributed by atoms with Crippen molar-refractivity contribution in [3.05, 3.63) is 243 Å². The Morgan fingerprint density at radius 1 is 0.295 bits per heavy atom. The van der Waals surface area contributed by atoms with E-state index in [2.05, 4.69) is 243 Å². The van der Waals surface area contributed by atoms with Crippen LogP contribution in [0.15, 0.2) is 243 Å². The molecule has 0 aliphatic carbocycles. The second kappa shape index (κ2) is 26.9. The fourth-order valence-corrected chi connectivity index (χ4v) is 17.6. The SMILES string of the molecule is CC(=O)[O-].[Ag+].c1ccc(P(CCP(c2ccccc2)c2ccccc2)c2ccccc2)cc1.c1ccc(P(CCP(c2ccccc2)c2ccccc2)c2ccccc2)cc1. The van der Waals surface area contributed by atoms with Gasteiger partial charge < -0.3 is 9.90 Å². The molecule has 0 fully saturated rings. The van der Waals surface area contributed by atoms with Gasteiger partial charge in [-0.25, -0.2) is 0 Å². The zero-order chi connectivity index (χ0) is 41.6. The molecule has 0 heterocycles. The Kier molecular flexibility index (Phi) is 21.1. The second-order valence-electron chi connectivity index (χ2n) is 13.8. The maximum Gasteiger partial charge on any atom is 1.00 e. The Morgan fingerprint density at radius 2 is 0.393 bits per heavy atom. The first kappa shape index (κ1) is 47.7. The van der Waals surface area contributed by atoms with Crippen LogP contribution in [0, 0.1) is 0 Å². The van der Waals surface area contributed by atoms with Gasteiger partial charge in [0.2, 0.25) is 0 Å². The molecule has 8 aromatic carbocycles. The summed E-state index contributed by atoms with van der Waals surface area (Å²) in [5, 5.41) is 20.7. The van der Waals surface area contributed by atoms with E-state index in [4.69, 9.17) is 9.90 Å². The van der Waals surface area contributed by atoms with Crippen LogP contribution < -0.4 is 47.5 Å². The number of aliphatic carboxylic acids is 1. The van der Waals surface area contributed by atoms with Crippen molar-refractivity contribution in [1.29, 1.82) is 0 Å². The van der Waals surface area contributed by atoms with Crippen molar-refractivity contribution in [2.24, 2.45) is 0 Å². The quantitative estimate of drug-likeness (QED) is 0.0807. The number of carbonyl (C=O) groups is 1. The smallest absolute Gasteiger partial charge is 0.550 e. The van der Waals surface area contributed by atoms with Crippen LogP contribution in [0.1, 0.15) is 6.92 Å². The molecule has 0 unspecified atom stereocenters. The minimum absolute atomic E-state index is 0. The first-order valence-electron chi connectivity index (χ1n) is 20.2. The molecule has 8 aromatic rings. The Balaban J connectivity index is 0.000000209. The van der Waals surface area contributed by atoms with Crippen LogP contribution >= 0.6 is 31.7 Å². The predicted octanol–water partition coefficient (Wildman–Crippen LogP) is 9.26. The average molecular weight is 964 g/mol. The Bertz CT molecular complexity index is 1870. The molecule has 0 bridgehead atoms. The summed E-state index contributed by atoms with van der Waals surface area (Å²) in [5.74, 6) is -1.08. The molecule has 310 valence electrons. The Morgan fingerprint density at radius 3 is 0.492 bits per heavy atom. The molecule has 61 heavy (non-hydrogen) atoms. The van der Waals surface area contributed by atoms with E-state index >= 15 is 0 Å². The second-order valence-corrected chi connectivity index (χ2v) is 23.1. The summed E-state index contributed by atoms with van der Waals surface area (Å²) in [6.45, 7) is 0.972. The summed E-state index contributed by atoms with van der Waals surface area (Å²) < 4.78 is 0. The van der Waals surface area contributed by atoms with E-state index in [-0.39, 0.29) is 54.1 Å². The van der Waals surface area contributed by atoms with Crippen LogP contribution in [0.5, 0.6) is 0 Å². The Labute approximate surface area is 384 Å². The van der Waals surface area contributed by atoms with Crippen LogP contribution in [0.2, 0.25) is 0 Å². The largest absolute Gasteiger partial charge is 1.00 e. The van der Waals surface area contributed by atoms with E-state index in [1.165, 1.54) is 67.1 Å².